The first-order valence-corrected chi connectivity index (χ1v) is 15.5. The SMILES string of the molecule is COc1ccc2nc(NC(=O)N3CC4(CCN(C(C)=O)C4)c4cc(Oc5cccc(S(C)(=O)=O)c5)ccc43)sc2n1. The maximum Gasteiger partial charge on any atom is 0.328 e. The van der Waals surface area contributed by atoms with Crippen molar-refractivity contribution in [1.82, 2.24) is 14.9 Å². The van der Waals surface area contributed by atoms with E-state index in [1.807, 2.05) is 12.1 Å². The van der Waals surface area contributed by atoms with E-state index in [0.717, 1.165) is 11.8 Å². The summed E-state index contributed by atoms with van der Waals surface area (Å²) in [5.74, 6) is 1.33. The number of urea groups is 1. The van der Waals surface area contributed by atoms with E-state index in [1.54, 1.807) is 47.1 Å². The number of likely N-dealkylation sites (tertiary alicyclic amines) is 1. The van der Waals surface area contributed by atoms with E-state index in [2.05, 4.69) is 15.3 Å². The van der Waals surface area contributed by atoms with Crippen LogP contribution in [0.1, 0.15) is 18.9 Å². The molecule has 1 unspecified atom stereocenters. The van der Waals surface area contributed by atoms with Crippen LogP contribution in [0.25, 0.3) is 10.3 Å². The summed E-state index contributed by atoms with van der Waals surface area (Å²) in [6, 6.07) is 14.9. The monoisotopic (exact) mass is 593 g/mol. The van der Waals surface area contributed by atoms with Crippen LogP contribution in [0.4, 0.5) is 15.6 Å². The number of hydrogen-bond acceptors (Lipinski definition) is 9. The minimum absolute atomic E-state index is 0.0197. The molecule has 3 amide bonds. The molecule has 13 heteroatoms. The summed E-state index contributed by atoms with van der Waals surface area (Å²) >= 11 is 1.25. The fourth-order valence-corrected chi connectivity index (χ4v) is 6.89. The number of amides is 3. The predicted molar refractivity (Wildman–Crippen MR) is 155 cm³/mol. The summed E-state index contributed by atoms with van der Waals surface area (Å²) in [5.41, 5.74) is 1.78. The average molecular weight is 594 g/mol. The Morgan fingerprint density at radius 2 is 1.85 bits per heavy atom. The molecule has 41 heavy (non-hydrogen) atoms. The quantitative estimate of drug-likeness (QED) is 0.360. The largest absolute Gasteiger partial charge is 0.481 e. The second kappa shape index (κ2) is 10.00. The van der Waals surface area contributed by atoms with Crippen molar-refractivity contribution in [2.45, 2.75) is 23.7 Å². The van der Waals surface area contributed by atoms with Gasteiger partial charge in [-0.2, -0.15) is 0 Å². The number of carbonyl (C=O) groups is 2. The first kappa shape index (κ1) is 27.0. The number of nitrogens with zero attached hydrogens (tertiary/aromatic N) is 4. The molecule has 2 aliphatic rings. The van der Waals surface area contributed by atoms with Gasteiger partial charge in [0, 0.05) is 50.0 Å². The van der Waals surface area contributed by atoms with E-state index in [4.69, 9.17) is 9.47 Å². The van der Waals surface area contributed by atoms with Gasteiger partial charge in [-0.1, -0.05) is 17.4 Å². The summed E-state index contributed by atoms with van der Waals surface area (Å²) < 4.78 is 35.3. The highest BCUT2D eigenvalue weighted by Gasteiger charge is 2.49. The van der Waals surface area contributed by atoms with Crippen LogP contribution in [0.5, 0.6) is 17.4 Å². The molecule has 4 aromatic rings. The number of benzene rings is 2. The first-order chi connectivity index (χ1) is 19.5. The van der Waals surface area contributed by atoms with Crippen molar-refractivity contribution in [1.29, 1.82) is 0 Å². The summed E-state index contributed by atoms with van der Waals surface area (Å²) in [7, 11) is -1.86. The molecule has 1 spiro atoms. The van der Waals surface area contributed by atoms with Crippen molar-refractivity contribution in [2.75, 3.05) is 43.2 Å². The van der Waals surface area contributed by atoms with Crippen molar-refractivity contribution in [3.63, 3.8) is 0 Å². The number of aromatic nitrogens is 2. The maximum atomic E-state index is 13.6. The number of rotatable bonds is 5. The Kier molecular flexibility index (Phi) is 6.57. The van der Waals surface area contributed by atoms with E-state index in [-0.39, 0.29) is 16.8 Å². The zero-order valence-electron chi connectivity index (χ0n) is 22.6. The molecular weight excluding hydrogens is 566 g/mol. The Balaban J connectivity index is 1.32. The van der Waals surface area contributed by atoms with Gasteiger partial charge in [-0.25, -0.2) is 23.2 Å². The lowest BCUT2D eigenvalue weighted by Crippen LogP contribution is -2.41. The first-order valence-electron chi connectivity index (χ1n) is 12.8. The molecule has 1 N–H and O–H groups in total. The van der Waals surface area contributed by atoms with Crippen LogP contribution in [0.15, 0.2) is 59.5 Å². The molecule has 4 heterocycles. The standard InChI is InChI=1S/C28H27N5O6S2/c1-17(34)32-12-11-28(15-32)16-33(27(35)31-26-29-22-8-10-24(38-2)30-25(22)40-26)23-9-7-19(14-21(23)28)39-18-5-4-6-20(13-18)41(3,36)37/h4-10,13-14H,11-12,15-16H2,1-3H3,(H,29,31,35). The third kappa shape index (κ3) is 5.06. The van der Waals surface area contributed by atoms with Crippen molar-refractivity contribution >= 4 is 54.3 Å². The van der Waals surface area contributed by atoms with Gasteiger partial charge in [0.15, 0.2) is 15.0 Å². The molecule has 2 aromatic heterocycles. The second-order valence-electron chi connectivity index (χ2n) is 10.2. The van der Waals surface area contributed by atoms with Gasteiger partial charge in [0.2, 0.25) is 11.8 Å². The Morgan fingerprint density at radius 1 is 1.05 bits per heavy atom. The lowest BCUT2D eigenvalue weighted by atomic mass is 9.81. The Labute approximate surface area is 240 Å². The fourth-order valence-electron chi connectivity index (χ4n) is 5.41. The van der Waals surface area contributed by atoms with E-state index >= 15 is 0 Å². The Bertz CT molecular complexity index is 1810. The van der Waals surface area contributed by atoms with Gasteiger partial charge in [-0.15, -0.1) is 0 Å². The molecule has 0 bridgehead atoms. The number of hydrogen-bond donors (Lipinski definition) is 1. The van der Waals surface area contributed by atoms with Gasteiger partial charge in [-0.3, -0.25) is 15.0 Å². The molecule has 2 aliphatic heterocycles. The smallest absolute Gasteiger partial charge is 0.328 e. The van der Waals surface area contributed by atoms with Crippen LogP contribution < -0.4 is 19.7 Å². The van der Waals surface area contributed by atoms with Crippen LogP contribution in [0.2, 0.25) is 0 Å². The van der Waals surface area contributed by atoms with Gasteiger partial charge >= 0.3 is 6.03 Å². The normalized spacial score (nSPS) is 18.1. The molecule has 1 atom stereocenters. The molecule has 0 saturated carbocycles. The zero-order valence-corrected chi connectivity index (χ0v) is 24.2. The minimum Gasteiger partial charge on any atom is -0.481 e. The third-order valence-electron chi connectivity index (χ3n) is 7.46. The number of pyridine rings is 1. The van der Waals surface area contributed by atoms with Crippen molar-refractivity contribution < 1.29 is 27.5 Å². The van der Waals surface area contributed by atoms with Crippen LogP contribution in [0, 0.1) is 0 Å². The van der Waals surface area contributed by atoms with E-state index < -0.39 is 15.3 Å². The summed E-state index contributed by atoms with van der Waals surface area (Å²) in [6.45, 7) is 2.97. The van der Waals surface area contributed by atoms with Crippen LogP contribution in [-0.2, 0) is 20.0 Å². The van der Waals surface area contributed by atoms with Gasteiger partial charge < -0.3 is 14.4 Å². The highest BCUT2D eigenvalue weighted by atomic mass is 32.2. The van der Waals surface area contributed by atoms with Crippen molar-refractivity contribution in [3.8, 4) is 17.4 Å². The van der Waals surface area contributed by atoms with Crippen LogP contribution >= 0.6 is 11.3 Å². The maximum absolute atomic E-state index is 13.6. The van der Waals surface area contributed by atoms with Crippen molar-refractivity contribution in [2.24, 2.45) is 0 Å². The minimum atomic E-state index is -3.40. The fraction of sp³-hybridized carbons (Fsp3) is 0.286. The van der Waals surface area contributed by atoms with E-state index in [0.29, 0.717) is 64.6 Å². The van der Waals surface area contributed by atoms with Gasteiger partial charge in [-0.05, 0) is 54.4 Å². The second-order valence-corrected chi connectivity index (χ2v) is 13.2. The van der Waals surface area contributed by atoms with E-state index in [9.17, 15) is 18.0 Å². The highest BCUT2D eigenvalue weighted by molar-refractivity contribution is 7.90. The number of sulfone groups is 1. The molecule has 11 nitrogen and oxygen atoms in total. The molecular formula is C28H27N5O6S2. The van der Waals surface area contributed by atoms with E-state index in [1.165, 1.54) is 30.6 Å². The number of anilines is 2. The van der Waals surface area contributed by atoms with Gasteiger partial charge in [0.25, 0.3) is 0 Å². The molecule has 6 rings (SSSR count). The van der Waals surface area contributed by atoms with Crippen molar-refractivity contribution in [3.05, 3.63) is 60.2 Å². The van der Waals surface area contributed by atoms with Crippen LogP contribution in [0.3, 0.4) is 0 Å². The predicted octanol–water partition coefficient (Wildman–Crippen LogP) is 4.44. The third-order valence-corrected chi connectivity index (χ3v) is 9.45. The number of fused-ring (bicyclic) bond motifs is 3. The number of ether oxygens (including phenoxy) is 2. The number of nitrogens with one attached hydrogen (secondary N) is 1. The highest BCUT2D eigenvalue weighted by Crippen LogP contribution is 2.48. The molecule has 0 aliphatic carbocycles. The summed E-state index contributed by atoms with van der Waals surface area (Å²) in [6.07, 6.45) is 1.83. The Hall–Kier alpha value is -4.23. The van der Waals surface area contributed by atoms with Crippen LogP contribution in [-0.4, -0.2) is 68.2 Å². The lowest BCUT2D eigenvalue weighted by Gasteiger charge is -2.25. The molecule has 0 radical (unpaired) electrons. The molecule has 212 valence electrons. The average Bonchev–Trinajstić information content (AvgIpc) is 3.64. The Morgan fingerprint density at radius 3 is 2.59 bits per heavy atom. The topological polar surface area (TPSA) is 131 Å². The van der Waals surface area contributed by atoms with Gasteiger partial charge in [0.1, 0.15) is 21.8 Å². The number of methoxy groups -OCH3 is 1. The molecule has 2 aromatic carbocycles. The summed E-state index contributed by atoms with van der Waals surface area (Å²) in [5, 5.41) is 3.32. The number of thiazole rings is 1. The number of carbonyl (C=O) groups excluding carboxylic acids is 2. The molecule has 1 saturated heterocycles. The molecule has 1 fully saturated rings. The lowest BCUT2D eigenvalue weighted by molar-refractivity contribution is -0.127. The summed E-state index contributed by atoms with van der Waals surface area (Å²) in [4.78, 5) is 39.0. The zero-order chi connectivity index (χ0) is 28.9. The van der Waals surface area contributed by atoms with Gasteiger partial charge in [0.05, 0.1) is 12.0 Å².